The van der Waals surface area contributed by atoms with Gasteiger partial charge in [-0.1, -0.05) is 53.5 Å². The molecular formula is C14H10Cl2O2. The zero-order valence-corrected chi connectivity index (χ0v) is 10.9. The zero-order valence-electron chi connectivity index (χ0n) is 9.40. The van der Waals surface area contributed by atoms with Gasteiger partial charge in [0.25, 0.3) is 0 Å². The van der Waals surface area contributed by atoms with Crippen LogP contribution in [-0.4, -0.2) is 5.97 Å². The van der Waals surface area contributed by atoms with E-state index in [0.717, 1.165) is 5.56 Å². The Hall–Kier alpha value is -1.51. The molecule has 0 atom stereocenters. The number of halogens is 2. The monoisotopic (exact) mass is 280 g/mol. The van der Waals surface area contributed by atoms with E-state index in [2.05, 4.69) is 0 Å². The van der Waals surface area contributed by atoms with Gasteiger partial charge in [-0.2, -0.15) is 0 Å². The molecule has 0 bridgehead atoms. The second-order valence-corrected chi connectivity index (χ2v) is 4.51. The molecular weight excluding hydrogens is 271 g/mol. The van der Waals surface area contributed by atoms with Gasteiger partial charge in [0, 0.05) is 0 Å². The van der Waals surface area contributed by atoms with E-state index in [1.165, 1.54) is 6.07 Å². The van der Waals surface area contributed by atoms with Gasteiger partial charge in [-0.15, -0.1) is 0 Å². The van der Waals surface area contributed by atoms with Crippen LogP contribution in [0.25, 0.3) is 0 Å². The first-order chi connectivity index (χ1) is 8.66. The predicted octanol–water partition coefficient (Wildman–Crippen LogP) is 4.35. The first kappa shape index (κ1) is 12.9. The Morgan fingerprint density at radius 2 is 1.72 bits per heavy atom. The van der Waals surface area contributed by atoms with Crippen LogP contribution in [0.2, 0.25) is 10.0 Å². The van der Waals surface area contributed by atoms with Crippen molar-refractivity contribution < 1.29 is 9.53 Å². The van der Waals surface area contributed by atoms with Gasteiger partial charge >= 0.3 is 5.97 Å². The summed E-state index contributed by atoms with van der Waals surface area (Å²) in [6.45, 7) is 0.236. The summed E-state index contributed by atoms with van der Waals surface area (Å²) in [6, 6.07) is 14.1. The van der Waals surface area contributed by atoms with E-state index in [4.69, 9.17) is 27.9 Å². The maximum Gasteiger partial charge on any atom is 0.338 e. The van der Waals surface area contributed by atoms with E-state index in [-0.39, 0.29) is 6.61 Å². The fourth-order valence-corrected chi connectivity index (χ4v) is 1.73. The average Bonchev–Trinajstić information content (AvgIpc) is 2.40. The summed E-state index contributed by atoms with van der Waals surface area (Å²) >= 11 is 11.6. The zero-order chi connectivity index (χ0) is 13.0. The van der Waals surface area contributed by atoms with E-state index in [9.17, 15) is 4.79 Å². The third-order valence-corrected chi connectivity index (χ3v) is 3.11. The molecule has 0 saturated heterocycles. The van der Waals surface area contributed by atoms with Crippen molar-refractivity contribution in [2.45, 2.75) is 6.61 Å². The van der Waals surface area contributed by atoms with E-state index in [1.54, 1.807) is 12.1 Å². The van der Waals surface area contributed by atoms with Crippen molar-refractivity contribution in [2.75, 3.05) is 0 Å². The highest BCUT2D eigenvalue weighted by Gasteiger charge is 2.09. The lowest BCUT2D eigenvalue weighted by Gasteiger charge is -2.05. The molecule has 0 aromatic heterocycles. The summed E-state index contributed by atoms with van der Waals surface area (Å²) < 4.78 is 5.17. The Labute approximate surface area is 115 Å². The Balaban J connectivity index is 2.02. The van der Waals surface area contributed by atoms with Gasteiger partial charge in [0.05, 0.1) is 15.6 Å². The molecule has 0 spiro atoms. The summed E-state index contributed by atoms with van der Waals surface area (Å²) in [5.41, 5.74) is 1.33. The lowest BCUT2D eigenvalue weighted by molar-refractivity contribution is 0.0473. The third kappa shape index (κ3) is 3.25. The number of hydrogen-bond donors (Lipinski definition) is 0. The highest BCUT2D eigenvalue weighted by atomic mass is 35.5. The highest BCUT2D eigenvalue weighted by molar-refractivity contribution is 6.42. The van der Waals surface area contributed by atoms with Gasteiger partial charge in [-0.3, -0.25) is 0 Å². The number of hydrogen-bond acceptors (Lipinski definition) is 2. The van der Waals surface area contributed by atoms with Crippen molar-refractivity contribution in [3.8, 4) is 0 Å². The van der Waals surface area contributed by atoms with E-state index in [0.29, 0.717) is 15.6 Å². The first-order valence-corrected chi connectivity index (χ1v) is 6.08. The maximum atomic E-state index is 11.8. The van der Waals surface area contributed by atoms with Crippen LogP contribution < -0.4 is 0 Å². The molecule has 92 valence electrons. The second-order valence-electron chi connectivity index (χ2n) is 3.69. The number of carbonyl (C=O) groups is 1. The summed E-state index contributed by atoms with van der Waals surface area (Å²) in [5, 5.41) is 0.752. The van der Waals surface area contributed by atoms with Crippen LogP contribution in [0.4, 0.5) is 0 Å². The molecule has 4 heteroatoms. The number of ether oxygens (including phenoxy) is 1. The summed E-state index contributed by atoms with van der Waals surface area (Å²) in [5.74, 6) is -0.419. The quantitative estimate of drug-likeness (QED) is 0.782. The van der Waals surface area contributed by atoms with E-state index >= 15 is 0 Å². The molecule has 2 nitrogen and oxygen atoms in total. The Bertz CT molecular complexity index is 553. The van der Waals surface area contributed by atoms with Crippen LogP contribution in [0.1, 0.15) is 15.9 Å². The van der Waals surface area contributed by atoms with Crippen molar-refractivity contribution in [1.82, 2.24) is 0 Å². The summed E-state index contributed by atoms with van der Waals surface area (Å²) in [4.78, 5) is 11.8. The van der Waals surface area contributed by atoms with Gasteiger partial charge in [-0.25, -0.2) is 4.79 Å². The SMILES string of the molecule is O=C(OCc1ccccc1)c1ccc(Cl)c(Cl)c1. The maximum absolute atomic E-state index is 11.8. The first-order valence-electron chi connectivity index (χ1n) is 5.33. The molecule has 2 aromatic rings. The van der Waals surface area contributed by atoms with Crippen LogP contribution in [0.15, 0.2) is 48.5 Å². The lowest BCUT2D eigenvalue weighted by Crippen LogP contribution is -2.05. The average molecular weight is 281 g/mol. The summed E-state index contributed by atoms with van der Waals surface area (Å²) in [6.07, 6.45) is 0. The van der Waals surface area contributed by atoms with Crippen LogP contribution in [0.3, 0.4) is 0 Å². The van der Waals surface area contributed by atoms with Crippen molar-refractivity contribution in [2.24, 2.45) is 0 Å². The van der Waals surface area contributed by atoms with Crippen LogP contribution >= 0.6 is 23.2 Å². The molecule has 0 aliphatic carbocycles. The molecule has 0 radical (unpaired) electrons. The fourth-order valence-electron chi connectivity index (χ4n) is 1.43. The molecule has 0 aliphatic heterocycles. The van der Waals surface area contributed by atoms with Gasteiger partial charge in [0.1, 0.15) is 6.61 Å². The van der Waals surface area contributed by atoms with Crippen molar-refractivity contribution in [3.63, 3.8) is 0 Å². The second kappa shape index (κ2) is 5.89. The minimum absolute atomic E-state index is 0.236. The molecule has 0 fully saturated rings. The molecule has 0 saturated carbocycles. The van der Waals surface area contributed by atoms with Gasteiger partial charge in [0.2, 0.25) is 0 Å². The number of benzene rings is 2. The van der Waals surface area contributed by atoms with Gasteiger partial charge in [-0.05, 0) is 23.8 Å². The van der Waals surface area contributed by atoms with Crippen LogP contribution in [0, 0.1) is 0 Å². The molecule has 2 rings (SSSR count). The van der Waals surface area contributed by atoms with Gasteiger partial charge < -0.3 is 4.74 Å². The molecule has 0 aliphatic rings. The minimum atomic E-state index is -0.419. The van der Waals surface area contributed by atoms with E-state index < -0.39 is 5.97 Å². The standard InChI is InChI=1S/C14H10Cl2O2/c15-12-7-6-11(8-13(12)16)14(17)18-9-10-4-2-1-3-5-10/h1-8H,9H2. The largest absolute Gasteiger partial charge is 0.457 e. The predicted molar refractivity (Wildman–Crippen MR) is 72.0 cm³/mol. The number of carbonyl (C=O) groups excluding carboxylic acids is 1. The van der Waals surface area contributed by atoms with Crippen LogP contribution in [-0.2, 0) is 11.3 Å². The molecule has 2 aromatic carbocycles. The number of esters is 1. The Morgan fingerprint density at radius 3 is 2.39 bits per heavy atom. The van der Waals surface area contributed by atoms with Crippen molar-refractivity contribution >= 4 is 29.2 Å². The third-order valence-electron chi connectivity index (χ3n) is 2.37. The number of rotatable bonds is 3. The van der Waals surface area contributed by atoms with Crippen molar-refractivity contribution in [1.29, 1.82) is 0 Å². The topological polar surface area (TPSA) is 26.3 Å². The molecule has 0 heterocycles. The smallest absolute Gasteiger partial charge is 0.338 e. The molecule has 0 N–H and O–H groups in total. The highest BCUT2D eigenvalue weighted by Crippen LogP contribution is 2.23. The van der Waals surface area contributed by atoms with Gasteiger partial charge in [0.15, 0.2) is 0 Å². The molecule has 0 amide bonds. The fraction of sp³-hybridized carbons (Fsp3) is 0.0714. The Morgan fingerprint density at radius 1 is 1.00 bits per heavy atom. The Kier molecular flexibility index (Phi) is 4.24. The van der Waals surface area contributed by atoms with E-state index in [1.807, 2.05) is 30.3 Å². The minimum Gasteiger partial charge on any atom is -0.457 e. The normalized spacial score (nSPS) is 10.1. The van der Waals surface area contributed by atoms with Crippen LogP contribution in [0.5, 0.6) is 0 Å². The lowest BCUT2D eigenvalue weighted by atomic mass is 10.2. The molecule has 0 unspecified atom stereocenters. The molecule has 18 heavy (non-hydrogen) atoms. The van der Waals surface area contributed by atoms with Crippen molar-refractivity contribution in [3.05, 3.63) is 69.7 Å². The summed E-state index contributed by atoms with van der Waals surface area (Å²) in [7, 11) is 0.